The minimum atomic E-state index is -4.27. The number of alkyl halides is 3. The van der Waals surface area contributed by atoms with Crippen molar-refractivity contribution in [3.05, 3.63) is 23.8 Å². The molecule has 0 aliphatic carbocycles. The van der Waals surface area contributed by atoms with Gasteiger partial charge in [-0.2, -0.15) is 13.2 Å². The molecule has 0 saturated heterocycles. The van der Waals surface area contributed by atoms with Crippen LogP contribution in [0.2, 0.25) is 0 Å². The van der Waals surface area contributed by atoms with E-state index in [-0.39, 0.29) is 13.2 Å². The van der Waals surface area contributed by atoms with Gasteiger partial charge in [-0.15, -0.1) is 11.8 Å². The van der Waals surface area contributed by atoms with Gasteiger partial charge in [0.15, 0.2) is 0 Å². The maximum Gasteiger partial charge on any atom is 0.398 e. The number of benzene rings is 1. The van der Waals surface area contributed by atoms with Crippen LogP contribution in [-0.2, 0) is 0 Å². The molecule has 0 heterocycles. The number of carbonyl (C=O) groups excluding carboxylic acids is 1. The largest absolute Gasteiger partial charge is 0.398 e. The molecule has 0 saturated carbocycles. The molecule has 0 aromatic heterocycles. The van der Waals surface area contributed by atoms with Gasteiger partial charge in [-0.3, -0.25) is 0 Å². The number of anilines is 1. The highest BCUT2D eigenvalue weighted by Gasteiger charge is 2.27. The first-order chi connectivity index (χ1) is 9.73. The highest BCUT2D eigenvalue weighted by Crippen LogP contribution is 2.33. The summed E-state index contributed by atoms with van der Waals surface area (Å²) in [6.07, 6.45) is -4.27. The molecule has 0 aliphatic rings. The number of nitrogens with one attached hydrogen (secondary N) is 1. The third-order valence-electron chi connectivity index (χ3n) is 2.55. The van der Waals surface area contributed by atoms with Gasteiger partial charge in [-0.05, 0) is 24.6 Å². The summed E-state index contributed by atoms with van der Waals surface area (Å²) in [7, 11) is 1.49. The van der Waals surface area contributed by atoms with Crippen LogP contribution in [0.25, 0.3) is 0 Å². The average molecular weight is 322 g/mol. The third-order valence-corrected chi connectivity index (χ3v) is 3.69. The lowest BCUT2D eigenvalue weighted by molar-refractivity contribution is -0.105. The predicted octanol–water partition coefficient (Wildman–Crippen LogP) is 3.11. The van der Waals surface area contributed by atoms with Crippen LogP contribution in [0, 0.1) is 6.92 Å². The van der Waals surface area contributed by atoms with Crippen molar-refractivity contribution in [1.82, 2.24) is 4.90 Å². The number of rotatable bonds is 5. The van der Waals surface area contributed by atoms with E-state index in [1.54, 1.807) is 25.1 Å². The van der Waals surface area contributed by atoms with Crippen molar-refractivity contribution in [3.63, 3.8) is 0 Å². The molecule has 0 bridgehead atoms. The number of urea groups is 1. The van der Waals surface area contributed by atoms with Crippen molar-refractivity contribution in [2.45, 2.75) is 18.0 Å². The normalized spacial score (nSPS) is 11.3. The zero-order valence-electron chi connectivity index (χ0n) is 11.7. The monoisotopic (exact) mass is 322 g/mol. The molecule has 0 spiro atoms. The Morgan fingerprint density at radius 1 is 1.43 bits per heavy atom. The Labute approximate surface area is 125 Å². The minimum absolute atomic E-state index is 0.142. The molecule has 1 rings (SSSR count). The summed E-state index contributed by atoms with van der Waals surface area (Å²) in [5.74, 6) is -1.02. The van der Waals surface area contributed by atoms with E-state index in [0.717, 1.165) is 5.56 Å². The lowest BCUT2D eigenvalue weighted by Gasteiger charge is -2.18. The number of carbonyl (C=O) groups is 1. The molecule has 1 aromatic carbocycles. The Morgan fingerprint density at radius 2 is 2.10 bits per heavy atom. The van der Waals surface area contributed by atoms with Gasteiger partial charge in [0.25, 0.3) is 0 Å². The fourth-order valence-corrected chi connectivity index (χ4v) is 2.24. The van der Waals surface area contributed by atoms with Crippen LogP contribution in [0.5, 0.6) is 0 Å². The van der Waals surface area contributed by atoms with Crippen LogP contribution in [0.1, 0.15) is 5.56 Å². The van der Waals surface area contributed by atoms with Crippen molar-refractivity contribution < 1.29 is 23.1 Å². The zero-order chi connectivity index (χ0) is 16.0. The molecule has 4 nitrogen and oxygen atoms in total. The topological polar surface area (TPSA) is 52.6 Å². The number of hydrogen-bond acceptors (Lipinski definition) is 3. The van der Waals surface area contributed by atoms with Crippen LogP contribution in [-0.4, -0.2) is 48.2 Å². The molecule has 0 fully saturated rings. The number of aryl methyl sites for hydroxylation is 1. The molecule has 8 heteroatoms. The summed E-state index contributed by atoms with van der Waals surface area (Å²) in [6, 6.07) is 4.37. The Hall–Kier alpha value is -1.41. The maximum atomic E-state index is 12.3. The number of likely N-dealkylation sites (N-methyl/N-ethyl adjacent to an activating group) is 1. The Bertz CT molecular complexity index is 495. The number of hydrogen-bond donors (Lipinski definition) is 2. The fraction of sp³-hybridized carbons (Fsp3) is 0.462. The Kier molecular flexibility index (Phi) is 6.35. The van der Waals surface area contributed by atoms with Gasteiger partial charge in [0, 0.05) is 18.5 Å². The van der Waals surface area contributed by atoms with Gasteiger partial charge >= 0.3 is 12.2 Å². The van der Waals surface area contributed by atoms with Crippen molar-refractivity contribution in [1.29, 1.82) is 0 Å². The zero-order valence-corrected chi connectivity index (χ0v) is 12.5. The molecule has 118 valence electrons. The summed E-state index contributed by atoms with van der Waals surface area (Å²) in [4.78, 5) is 13.4. The molecule has 0 atom stereocenters. The maximum absolute atomic E-state index is 12.3. The quantitative estimate of drug-likeness (QED) is 0.819. The molecule has 2 N–H and O–H groups in total. The second-order valence-corrected chi connectivity index (χ2v) is 5.50. The van der Waals surface area contributed by atoms with Gasteiger partial charge in [-0.1, -0.05) is 6.07 Å². The van der Waals surface area contributed by atoms with E-state index < -0.39 is 18.0 Å². The van der Waals surface area contributed by atoms with E-state index in [1.807, 2.05) is 0 Å². The molecule has 0 radical (unpaired) electrons. The van der Waals surface area contributed by atoms with E-state index in [0.29, 0.717) is 22.3 Å². The van der Waals surface area contributed by atoms with Crippen molar-refractivity contribution in [2.75, 3.05) is 31.3 Å². The molecule has 1 aromatic rings. The predicted molar refractivity (Wildman–Crippen MR) is 76.7 cm³/mol. The van der Waals surface area contributed by atoms with E-state index in [9.17, 15) is 18.0 Å². The van der Waals surface area contributed by atoms with E-state index in [1.165, 1.54) is 11.9 Å². The molecular formula is C13H17F3N2O2S. The van der Waals surface area contributed by atoms with E-state index in [4.69, 9.17) is 5.11 Å². The van der Waals surface area contributed by atoms with Crippen molar-refractivity contribution in [3.8, 4) is 0 Å². The van der Waals surface area contributed by atoms with Gasteiger partial charge in [0.1, 0.15) is 0 Å². The second-order valence-electron chi connectivity index (χ2n) is 4.48. The Morgan fingerprint density at radius 3 is 2.67 bits per heavy atom. The first-order valence-electron chi connectivity index (χ1n) is 6.16. The highest BCUT2D eigenvalue weighted by molar-refractivity contribution is 7.99. The number of aliphatic hydroxyl groups is 1. The molecule has 0 aliphatic heterocycles. The number of thioether (sulfide) groups is 1. The SMILES string of the molecule is Cc1ccc(SCC(F)(F)F)c(NC(=O)N(C)CCO)c1. The number of aliphatic hydroxyl groups excluding tert-OH is 1. The first-order valence-corrected chi connectivity index (χ1v) is 7.14. The second kappa shape index (κ2) is 7.56. The van der Waals surface area contributed by atoms with Gasteiger partial charge in [-0.25, -0.2) is 4.79 Å². The highest BCUT2D eigenvalue weighted by atomic mass is 32.2. The standard InChI is InChI=1S/C13H17F3N2O2S/c1-9-3-4-11(21-8-13(14,15)16)10(7-9)17-12(20)18(2)5-6-19/h3-4,7,19H,5-6,8H2,1-2H3,(H,17,20). The van der Waals surface area contributed by atoms with Crippen LogP contribution in [0.4, 0.5) is 23.7 Å². The average Bonchev–Trinajstić information content (AvgIpc) is 2.37. The van der Waals surface area contributed by atoms with Crippen LogP contribution < -0.4 is 5.32 Å². The summed E-state index contributed by atoms with van der Waals surface area (Å²) < 4.78 is 36.9. The Balaban J connectivity index is 2.84. The van der Waals surface area contributed by atoms with E-state index in [2.05, 4.69) is 5.32 Å². The first kappa shape index (κ1) is 17.6. The van der Waals surface area contributed by atoms with Crippen LogP contribution >= 0.6 is 11.8 Å². The smallest absolute Gasteiger partial charge is 0.395 e. The minimum Gasteiger partial charge on any atom is -0.395 e. The van der Waals surface area contributed by atoms with Gasteiger partial charge < -0.3 is 15.3 Å². The van der Waals surface area contributed by atoms with Crippen LogP contribution in [0.15, 0.2) is 23.1 Å². The number of nitrogens with zero attached hydrogens (tertiary/aromatic N) is 1. The van der Waals surface area contributed by atoms with Crippen molar-refractivity contribution in [2.24, 2.45) is 0 Å². The summed E-state index contributed by atoms with van der Waals surface area (Å²) >= 11 is 0.622. The molecular weight excluding hydrogens is 305 g/mol. The number of halogens is 3. The number of amides is 2. The van der Waals surface area contributed by atoms with Crippen molar-refractivity contribution >= 4 is 23.5 Å². The van der Waals surface area contributed by atoms with Gasteiger partial charge in [0.05, 0.1) is 18.0 Å². The summed E-state index contributed by atoms with van der Waals surface area (Å²) in [6.45, 7) is 1.74. The summed E-state index contributed by atoms with van der Waals surface area (Å²) in [5, 5.41) is 11.3. The molecule has 2 amide bonds. The van der Waals surface area contributed by atoms with Gasteiger partial charge in [0.2, 0.25) is 0 Å². The lowest BCUT2D eigenvalue weighted by Crippen LogP contribution is -2.33. The molecule has 0 unspecified atom stereocenters. The van der Waals surface area contributed by atoms with E-state index >= 15 is 0 Å². The van der Waals surface area contributed by atoms with Crippen LogP contribution in [0.3, 0.4) is 0 Å². The fourth-order valence-electron chi connectivity index (χ4n) is 1.49. The third kappa shape index (κ3) is 6.26. The lowest BCUT2D eigenvalue weighted by atomic mass is 10.2. The summed E-state index contributed by atoms with van der Waals surface area (Å²) in [5.41, 5.74) is 1.16. The molecule has 21 heavy (non-hydrogen) atoms.